The molecule has 4 nitrogen and oxygen atoms in total. The van der Waals surface area contributed by atoms with E-state index in [0.717, 1.165) is 22.3 Å². The van der Waals surface area contributed by atoms with Crippen molar-refractivity contribution in [1.82, 2.24) is 5.32 Å². The van der Waals surface area contributed by atoms with E-state index >= 15 is 0 Å². The number of hydrogen-bond acceptors (Lipinski definition) is 3. The van der Waals surface area contributed by atoms with Crippen LogP contribution in [0.2, 0.25) is 0 Å². The summed E-state index contributed by atoms with van der Waals surface area (Å²) in [5.41, 5.74) is 3.53. The molecule has 1 aliphatic rings. The Morgan fingerprint density at radius 1 is 1.35 bits per heavy atom. The van der Waals surface area contributed by atoms with Crippen molar-refractivity contribution < 1.29 is 14.4 Å². The Morgan fingerprint density at radius 3 is 2.69 bits per heavy atom. The molecule has 0 aromatic heterocycles. The number of carbonyl (C=O) groups excluding carboxylic acids is 3. The molecule has 1 N–H and O–H groups in total. The minimum atomic E-state index is -0.779. The van der Waals surface area contributed by atoms with Crippen molar-refractivity contribution in [2.75, 3.05) is 6.54 Å². The highest BCUT2D eigenvalue weighted by molar-refractivity contribution is 6.15. The summed E-state index contributed by atoms with van der Waals surface area (Å²) in [5.74, 6) is 6.29. The van der Waals surface area contributed by atoms with E-state index in [1.54, 1.807) is 6.92 Å². The molecule has 2 unspecified atom stereocenters. The number of nitrogens with one attached hydrogen (secondary N) is 1. The van der Waals surface area contributed by atoms with Gasteiger partial charge in [0.1, 0.15) is 11.7 Å². The first-order chi connectivity index (χ1) is 12.4. The Kier molecular flexibility index (Phi) is 6.36. The molecule has 1 saturated carbocycles. The predicted octanol–water partition coefficient (Wildman–Crippen LogP) is 2.31. The Labute approximate surface area is 154 Å². The maximum absolute atomic E-state index is 12.9. The van der Waals surface area contributed by atoms with Crippen LogP contribution in [0.5, 0.6) is 0 Å². The molecule has 1 aromatic rings. The van der Waals surface area contributed by atoms with Gasteiger partial charge in [0.15, 0.2) is 5.78 Å². The number of rotatable bonds is 5. The topological polar surface area (TPSA) is 63.2 Å². The number of carbonyl (C=O) groups is 3. The van der Waals surface area contributed by atoms with Gasteiger partial charge in [-0.25, -0.2) is 0 Å². The van der Waals surface area contributed by atoms with Crippen molar-refractivity contribution in [2.45, 2.75) is 46.0 Å². The zero-order chi connectivity index (χ0) is 19.3. The van der Waals surface area contributed by atoms with E-state index in [9.17, 15) is 14.4 Å². The monoisotopic (exact) mass is 349 g/mol. The second-order valence-electron chi connectivity index (χ2n) is 6.48. The fourth-order valence-electron chi connectivity index (χ4n) is 3.57. The van der Waals surface area contributed by atoms with Gasteiger partial charge in [-0.3, -0.25) is 14.4 Å². The van der Waals surface area contributed by atoms with Gasteiger partial charge in [-0.2, -0.15) is 0 Å². The van der Waals surface area contributed by atoms with Gasteiger partial charge in [-0.15, -0.1) is 12.3 Å². The van der Waals surface area contributed by atoms with Gasteiger partial charge < -0.3 is 5.32 Å². The van der Waals surface area contributed by atoms with Gasteiger partial charge in [-0.1, -0.05) is 18.8 Å². The van der Waals surface area contributed by atoms with Gasteiger partial charge in [0.2, 0.25) is 5.91 Å². The van der Waals surface area contributed by atoms with Crippen molar-refractivity contribution in [3.63, 3.8) is 0 Å². The molecule has 134 valence electrons. The van der Waals surface area contributed by atoms with Gasteiger partial charge >= 0.3 is 0 Å². The number of terminal acetylenes is 1. The maximum Gasteiger partial charge on any atom is 0.221 e. The molecule has 0 radical (unpaired) electrons. The highest BCUT2D eigenvalue weighted by Crippen LogP contribution is 2.37. The molecule has 1 fully saturated rings. The van der Waals surface area contributed by atoms with Crippen LogP contribution in [0.1, 0.15) is 54.9 Å². The summed E-state index contributed by atoms with van der Waals surface area (Å²) < 4.78 is 0. The molecule has 2 rings (SSSR count). The smallest absolute Gasteiger partial charge is 0.221 e. The standard InChI is InChI=1S/C22H23NO3/c1-5-8-15-10-14(4)20(16(7-3)11-15)21-18(24)12-17(22(21)26)13-19(25)23-9-6-2/h2,10-11,17,21H,7,9,12-13H2,1,3-4H3,(H,23,25). The molecule has 0 aliphatic heterocycles. The summed E-state index contributed by atoms with van der Waals surface area (Å²) in [7, 11) is 0. The summed E-state index contributed by atoms with van der Waals surface area (Å²) in [6.45, 7) is 5.80. The van der Waals surface area contributed by atoms with Crippen molar-refractivity contribution in [3.05, 3.63) is 34.4 Å². The highest BCUT2D eigenvalue weighted by Gasteiger charge is 2.43. The third-order valence-corrected chi connectivity index (χ3v) is 4.69. The van der Waals surface area contributed by atoms with Gasteiger partial charge in [0.25, 0.3) is 0 Å². The molecular weight excluding hydrogens is 326 g/mol. The van der Waals surface area contributed by atoms with Crippen LogP contribution in [0.25, 0.3) is 0 Å². The molecular formula is C22H23NO3. The molecule has 26 heavy (non-hydrogen) atoms. The fraction of sp³-hybridized carbons (Fsp3) is 0.409. The minimum absolute atomic E-state index is 0.00263. The predicted molar refractivity (Wildman–Crippen MR) is 100 cm³/mol. The van der Waals surface area contributed by atoms with Crippen LogP contribution in [-0.2, 0) is 20.8 Å². The SMILES string of the molecule is C#CCNC(=O)CC1CC(=O)C(c2c(C)cc(C#CC)cc2CC)C1=O. The Hall–Kier alpha value is -2.85. The Balaban J connectivity index is 2.32. The second kappa shape index (κ2) is 8.50. The summed E-state index contributed by atoms with van der Waals surface area (Å²) in [5, 5.41) is 2.55. The lowest BCUT2D eigenvalue weighted by Gasteiger charge is -2.17. The fourth-order valence-corrected chi connectivity index (χ4v) is 3.57. The van der Waals surface area contributed by atoms with Crippen molar-refractivity contribution in [3.8, 4) is 24.2 Å². The number of hydrogen-bond donors (Lipinski definition) is 1. The van der Waals surface area contributed by atoms with E-state index in [2.05, 4.69) is 23.1 Å². The summed E-state index contributed by atoms with van der Waals surface area (Å²) in [6.07, 6.45) is 5.93. The van der Waals surface area contributed by atoms with Crippen LogP contribution in [0.3, 0.4) is 0 Å². The van der Waals surface area contributed by atoms with Crippen LogP contribution < -0.4 is 5.32 Å². The summed E-state index contributed by atoms with van der Waals surface area (Å²) in [4.78, 5) is 37.4. The van der Waals surface area contributed by atoms with E-state index in [1.807, 2.05) is 26.0 Å². The largest absolute Gasteiger partial charge is 0.345 e. The number of aryl methyl sites for hydroxylation is 2. The molecule has 2 atom stereocenters. The number of ketones is 2. The lowest BCUT2D eigenvalue weighted by molar-refractivity contribution is -0.128. The molecule has 0 bridgehead atoms. The Morgan fingerprint density at radius 2 is 2.08 bits per heavy atom. The Bertz CT molecular complexity index is 849. The average molecular weight is 349 g/mol. The van der Waals surface area contributed by atoms with Crippen LogP contribution in [-0.4, -0.2) is 24.0 Å². The maximum atomic E-state index is 12.9. The minimum Gasteiger partial charge on any atom is -0.345 e. The van der Waals surface area contributed by atoms with E-state index in [-0.39, 0.29) is 36.9 Å². The first kappa shape index (κ1) is 19.5. The van der Waals surface area contributed by atoms with Crippen LogP contribution in [0.15, 0.2) is 12.1 Å². The van der Waals surface area contributed by atoms with E-state index < -0.39 is 11.8 Å². The number of benzene rings is 1. The molecule has 0 spiro atoms. The van der Waals surface area contributed by atoms with E-state index in [4.69, 9.17) is 6.42 Å². The van der Waals surface area contributed by atoms with Crippen molar-refractivity contribution in [2.24, 2.45) is 5.92 Å². The van der Waals surface area contributed by atoms with Gasteiger partial charge in [0, 0.05) is 24.3 Å². The zero-order valence-corrected chi connectivity index (χ0v) is 15.4. The van der Waals surface area contributed by atoms with E-state index in [0.29, 0.717) is 6.42 Å². The first-order valence-electron chi connectivity index (χ1n) is 8.75. The molecule has 4 heteroatoms. The van der Waals surface area contributed by atoms with Crippen molar-refractivity contribution in [1.29, 1.82) is 0 Å². The van der Waals surface area contributed by atoms with Crippen LogP contribution >= 0.6 is 0 Å². The molecule has 1 amide bonds. The molecule has 1 aromatic carbocycles. The van der Waals surface area contributed by atoms with Gasteiger partial charge in [-0.05, 0) is 49.1 Å². The normalized spacial score (nSPS) is 18.8. The van der Waals surface area contributed by atoms with Crippen LogP contribution in [0.4, 0.5) is 0 Å². The summed E-state index contributed by atoms with van der Waals surface area (Å²) >= 11 is 0. The average Bonchev–Trinajstić information content (AvgIpc) is 2.86. The first-order valence-corrected chi connectivity index (χ1v) is 8.75. The van der Waals surface area contributed by atoms with E-state index in [1.165, 1.54) is 0 Å². The van der Waals surface area contributed by atoms with Gasteiger partial charge in [0.05, 0.1) is 6.54 Å². The number of Topliss-reactive ketones (excluding diaryl/α,β-unsaturated/α-hetero) is 2. The highest BCUT2D eigenvalue weighted by atomic mass is 16.2. The zero-order valence-electron chi connectivity index (χ0n) is 15.4. The molecule has 0 heterocycles. The lowest BCUT2D eigenvalue weighted by Crippen LogP contribution is -2.27. The van der Waals surface area contributed by atoms with Crippen LogP contribution in [0, 0.1) is 37.0 Å². The molecule has 1 aliphatic carbocycles. The second-order valence-corrected chi connectivity index (χ2v) is 6.48. The number of amides is 1. The molecule has 0 saturated heterocycles. The van der Waals surface area contributed by atoms with Crippen molar-refractivity contribution >= 4 is 17.5 Å². The third kappa shape index (κ3) is 4.03. The third-order valence-electron chi connectivity index (χ3n) is 4.69. The summed E-state index contributed by atoms with van der Waals surface area (Å²) in [6, 6.07) is 3.87. The quantitative estimate of drug-likeness (QED) is 0.655. The lowest BCUT2D eigenvalue weighted by atomic mass is 9.85.